The van der Waals surface area contributed by atoms with Crippen LogP contribution in [0.15, 0.2) is 57.1 Å². The zero-order valence-electron chi connectivity index (χ0n) is 13.4. The molecule has 1 N–H and O–H groups in total. The minimum atomic E-state index is -0.501. The fourth-order valence-electron chi connectivity index (χ4n) is 2.13. The highest BCUT2D eigenvalue weighted by Crippen LogP contribution is 2.36. The van der Waals surface area contributed by atoms with Crippen molar-refractivity contribution in [3.05, 3.63) is 74.2 Å². The zero-order chi connectivity index (χ0) is 18.7. The molecule has 0 aliphatic rings. The molecule has 0 aliphatic heterocycles. The van der Waals surface area contributed by atoms with Gasteiger partial charge in [-0.15, -0.1) is 11.3 Å². The maximum Gasteiger partial charge on any atom is 0.284 e. The van der Waals surface area contributed by atoms with Gasteiger partial charge in [0, 0.05) is 33.4 Å². The first-order chi connectivity index (χ1) is 12.4. The molecule has 1 aromatic heterocycles. The van der Waals surface area contributed by atoms with Crippen molar-refractivity contribution in [2.45, 2.75) is 16.2 Å². The molecule has 0 fully saturated rings. The van der Waals surface area contributed by atoms with Crippen LogP contribution in [0.5, 0.6) is 0 Å². The number of nitrogens with one attached hydrogen (secondary N) is 1. The number of carbonyl (C=O) groups is 1. The summed E-state index contributed by atoms with van der Waals surface area (Å²) in [5.41, 5.74) is 1.43. The number of nitro benzene ring substituents is 1. The van der Waals surface area contributed by atoms with Gasteiger partial charge in [0.05, 0.1) is 9.82 Å². The van der Waals surface area contributed by atoms with Crippen molar-refractivity contribution in [2.75, 3.05) is 5.32 Å². The highest BCUT2D eigenvalue weighted by molar-refractivity contribution is 8.01. The molecule has 0 saturated carbocycles. The van der Waals surface area contributed by atoms with Crippen molar-refractivity contribution in [1.29, 1.82) is 0 Å². The predicted molar refractivity (Wildman–Crippen MR) is 103 cm³/mol. The number of amides is 1. The number of nitro groups is 1. The number of nitrogens with zero attached hydrogens (tertiary/aromatic N) is 2. The smallest absolute Gasteiger partial charge is 0.284 e. The van der Waals surface area contributed by atoms with Gasteiger partial charge in [-0.3, -0.25) is 14.9 Å². The Balaban J connectivity index is 1.85. The molecule has 26 heavy (non-hydrogen) atoms. The van der Waals surface area contributed by atoms with Crippen molar-refractivity contribution < 1.29 is 9.72 Å². The third-order valence-corrected chi connectivity index (χ3v) is 5.65. The molecule has 0 bridgehead atoms. The Kier molecular flexibility index (Phi) is 5.55. The molecule has 6 nitrogen and oxygen atoms in total. The van der Waals surface area contributed by atoms with E-state index >= 15 is 0 Å². The van der Waals surface area contributed by atoms with E-state index in [9.17, 15) is 14.9 Å². The monoisotopic (exact) mass is 405 g/mol. The first kappa shape index (κ1) is 18.4. The minimum Gasteiger partial charge on any atom is -0.322 e. The molecule has 132 valence electrons. The van der Waals surface area contributed by atoms with E-state index in [0.29, 0.717) is 19.9 Å². The van der Waals surface area contributed by atoms with Crippen LogP contribution in [0.25, 0.3) is 0 Å². The van der Waals surface area contributed by atoms with Gasteiger partial charge in [0.1, 0.15) is 0 Å². The van der Waals surface area contributed by atoms with Gasteiger partial charge >= 0.3 is 0 Å². The molecule has 0 radical (unpaired) electrons. The lowest BCUT2D eigenvalue weighted by Crippen LogP contribution is -2.12. The van der Waals surface area contributed by atoms with Gasteiger partial charge in [-0.1, -0.05) is 29.4 Å². The Bertz CT molecular complexity index is 991. The molecule has 3 aromatic rings. The van der Waals surface area contributed by atoms with Crippen LogP contribution < -0.4 is 5.32 Å². The number of hydrogen-bond acceptors (Lipinski definition) is 6. The van der Waals surface area contributed by atoms with E-state index in [4.69, 9.17) is 11.6 Å². The number of aromatic nitrogens is 1. The predicted octanol–water partition coefficient (Wildman–Crippen LogP) is 5.42. The topological polar surface area (TPSA) is 85.1 Å². The number of rotatable bonds is 5. The summed E-state index contributed by atoms with van der Waals surface area (Å²) in [7, 11) is 0. The summed E-state index contributed by atoms with van der Waals surface area (Å²) in [5, 5.41) is 16.5. The van der Waals surface area contributed by atoms with Crippen molar-refractivity contribution in [3.63, 3.8) is 0 Å². The van der Waals surface area contributed by atoms with Gasteiger partial charge in [0.25, 0.3) is 11.6 Å². The highest BCUT2D eigenvalue weighted by atomic mass is 35.5. The second-order valence-electron chi connectivity index (χ2n) is 5.26. The summed E-state index contributed by atoms with van der Waals surface area (Å²) in [6, 6.07) is 11.1. The average Bonchev–Trinajstić information content (AvgIpc) is 3.00. The van der Waals surface area contributed by atoms with Crippen LogP contribution in [-0.4, -0.2) is 15.8 Å². The molecule has 0 spiro atoms. The maximum atomic E-state index is 12.4. The average molecular weight is 406 g/mol. The number of benzene rings is 2. The Morgan fingerprint density at radius 2 is 2.12 bits per heavy atom. The maximum absolute atomic E-state index is 12.4. The largest absolute Gasteiger partial charge is 0.322 e. The molecule has 0 saturated heterocycles. The quantitative estimate of drug-likeness (QED) is 0.452. The fourth-order valence-corrected chi connectivity index (χ4v) is 4.20. The Hall–Kier alpha value is -2.42. The van der Waals surface area contributed by atoms with Gasteiger partial charge in [0.15, 0.2) is 4.34 Å². The normalized spacial score (nSPS) is 10.5. The molecule has 0 atom stereocenters. The van der Waals surface area contributed by atoms with Gasteiger partial charge < -0.3 is 5.32 Å². The van der Waals surface area contributed by atoms with Crippen LogP contribution in [0.4, 0.5) is 11.4 Å². The summed E-state index contributed by atoms with van der Waals surface area (Å²) in [6.45, 7) is 1.86. The van der Waals surface area contributed by atoms with E-state index in [1.54, 1.807) is 36.4 Å². The summed E-state index contributed by atoms with van der Waals surface area (Å²) < 4.78 is 0.710. The molecule has 9 heteroatoms. The third-order valence-electron chi connectivity index (χ3n) is 3.30. The fraction of sp³-hybridized carbons (Fsp3) is 0.0588. The first-order valence-corrected chi connectivity index (χ1v) is 9.45. The molecular formula is C17H12ClN3O3S2. The number of anilines is 1. The zero-order valence-corrected chi connectivity index (χ0v) is 15.8. The second-order valence-corrected chi connectivity index (χ2v) is 7.84. The third kappa shape index (κ3) is 4.40. The Morgan fingerprint density at radius 3 is 2.77 bits per heavy atom. The van der Waals surface area contributed by atoms with Crippen LogP contribution >= 0.6 is 34.7 Å². The molecule has 0 aliphatic carbocycles. The summed E-state index contributed by atoms with van der Waals surface area (Å²) in [5.74, 6) is -0.447. The molecule has 1 amide bonds. The lowest BCUT2D eigenvalue weighted by atomic mass is 10.2. The van der Waals surface area contributed by atoms with E-state index in [2.05, 4.69) is 10.3 Å². The number of carbonyl (C=O) groups excluding carboxylic acids is 1. The highest BCUT2D eigenvalue weighted by Gasteiger charge is 2.19. The summed E-state index contributed by atoms with van der Waals surface area (Å²) in [4.78, 5) is 28.0. The summed E-state index contributed by atoms with van der Waals surface area (Å²) in [6.07, 6.45) is 0. The standard InChI is InChI=1S/C17H12ClN3O3S2/c1-10-9-25-17(19-10)26-15-6-5-11(7-14(15)21(23)24)16(22)20-13-4-2-3-12(18)8-13/h2-9H,1H3,(H,20,22). The van der Waals surface area contributed by atoms with Crippen LogP contribution in [0, 0.1) is 17.0 Å². The van der Waals surface area contributed by atoms with E-state index in [1.165, 1.54) is 29.2 Å². The molecule has 2 aromatic carbocycles. The van der Waals surface area contributed by atoms with Gasteiger partial charge in [0.2, 0.25) is 0 Å². The number of hydrogen-bond donors (Lipinski definition) is 1. The lowest BCUT2D eigenvalue weighted by molar-refractivity contribution is -0.387. The van der Waals surface area contributed by atoms with Crippen molar-refractivity contribution >= 4 is 52.0 Å². The van der Waals surface area contributed by atoms with E-state index in [-0.39, 0.29) is 11.3 Å². The van der Waals surface area contributed by atoms with Crippen molar-refractivity contribution in [1.82, 2.24) is 4.98 Å². The van der Waals surface area contributed by atoms with Gasteiger partial charge in [-0.25, -0.2) is 4.98 Å². The molecule has 1 heterocycles. The van der Waals surface area contributed by atoms with Crippen LogP contribution in [-0.2, 0) is 0 Å². The van der Waals surface area contributed by atoms with E-state index in [1.807, 2.05) is 12.3 Å². The van der Waals surface area contributed by atoms with Gasteiger partial charge in [-0.2, -0.15) is 0 Å². The second kappa shape index (κ2) is 7.86. The molecule has 0 unspecified atom stereocenters. The number of aryl methyl sites for hydroxylation is 1. The summed E-state index contributed by atoms with van der Waals surface area (Å²) >= 11 is 8.51. The van der Waals surface area contributed by atoms with E-state index < -0.39 is 10.8 Å². The van der Waals surface area contributed by atoms with Crippen molar-refractivity contribution in [2.24, 2.45) is 0 Å². The number of thiazole rings is 1. The lowest BCUT2D eigenvalue weighted by Gasteiger charge is -2.07. The number of halogens is 1. The Labute approximate surface area is 162 Å². The van der Waals surface area contributed by atoms with Crippen LogP contribution in [0.3, 0.4) is 0 Å². The molecule has 3 rings (SSSR count). The SMILES string of the molecule is Cc1csc(Sc2ccc(C(=O)Nc3cccc(Cl)c3)cc2[N+](=O)[O-])n1. The van der Waals surface area contributed by atoms with E-state index in [0.717, 1.165) is 5.69 Å². The van der Waals surface area contributed by atoms with Crippen molar-refractivity contribution in [3.8, 4) is 0 Å². The Morgan fingerprint density at radius 1 is 1.31 bits per heavy atom. The van der Waals surface area contributed by atoms with Crippen LogP contribution in [0.2, 0.25) is 5.02 Å². The van der Waals surface area contributed by atoms with Crippen LogP contribution in [0.1, 0.15) is 16.1 Å². The molecular weight excluding hydrogens is 394 g/mol. The minimum absolute atomic E-state index is 0.137. The van der Waals surface area contributed by atoms with Gasteiger partial charge in [-0.05, 0) is 37.3 Å². The first-order valence-electron chi connectivity index (χ1n) is 7.38.